The number of allylic oxidation sites excluding steroid dienone is 1. The highest BCUT2D eigenvalue weighted by atomic mass is 32.2. The average Bonchev–Trinajstić information content (AvgIpc) is 2.74. The molecule has 3 aromatic carbocycles. The molecule has 2 nitrogen and oxygen atoms in total. The number of carbonyl (C=O) groups is 1. The molecule has 0 amide bonds. The molecule has 5 heteroatoms. The van der Waals surface area contributed by atoms with Crippen LogP contribution in [0, 0.1) is 25.5 Å². The Labute approximate surface area is 184 Å². The highest BCUT2D eigenvalue weighted by Gasteiger charge is 2.10. The maximum absolute atomic E-state index is 13.8. The van der Waals surface area contributed by atoms with Gasteiger partial charge in [0.15, 0.2) is 0 Å². The Morgan fingerprint density at radius 3 is 2.13 bits per heavy atom. The van der Waals surface area contributed by atoms with Crippen molar-refractivity contribution in [3.05, 3.63) is 100 Å². The molecule has 1 unspecified atom stereocenters. The van der Waals surface area contributed by atoms with E-state index in [4.69, 9.17) is 0 Å². The molecular formula is C26H24F2O2S. The van der Waals surface area contributed by atoms with Gasteiger partial charge in [-0.15, -0.1) is 0 Å². The predicted molar refractivity (Wildman–Crippen MR) is 122 cm³/mol. The molecule has 0 bridgehead atoms. The predicted octanol–water partition coefficient (Wildman–Crippen LogP) is 6.52. The second-order valence-electron chi connectivity index (χ2n) is 7.51. The Hall–Kier alpha value is -2.92. The van der Waals surface area contributed by atoms with E-state index in [0.717, 1.165) is 29.1 Å². The zero-order chi connectivity index (χ0) is 22.4. The van der Waals surface area contributed by atoms with Crippen molar-refractivity contribution in [1.29, 1.82) is 0 Å². The monoisotopic (exact) mass is 438 g/mol. The van der Waals surface area contributed by atoms with E-state index < -0.39 is 22.4 Å². The van der Waals surface area contributed by atoms with E-state index in [0.29, 0.717) is 34.6 Å². The Bertz CT molecular complexity index is 1110. The normalized spacial score (nSPS) is 12.6. The lowest BCUT2D eigenvalue weighted by Crippen LogP contribution is -2.00. The van der Waals surface area contributed by atoms with Gasteiger partial charge in [0.1, 0.15) is 17.9 Å². The van der Waals surface area contributed by atoms with E-state index in [2.05, 4.69) is 0 Å². The number of benzene rings is 3. The first-order valence-electron chi connectivity index (χ1n) is 10.0. The third-order valence-corrected chi connectivity index (χ3v) is 6.62. The SMILES string of the molecule is Cc1ccc(C=C(CCCS(=O)c2ccc(C=O)cc2)c2cc(F)cc(F)c2)cc1C. The minimum Gasteiger partial charge on any atom is -0.298 e. The second kappa shape index (κ2) is 10.4. The number of halogens is 2. The Balaban J connectivity index is 1.80. The van der Waals surface area contributed by atoms with Crippen LogP contribution in [0.5, 0.6) is 0 Å². The van der Waals surface area contributed by atoms with Gasteiger partial charge in [-0.3, -0.25) is 9.00 Å². The lowest BCUT2D eigenvalue weighted by molar-refractivity contribution is 0.112. The van der Waals surface area contributed by atoms with Crippen LogP contribution in [0.2, 0.25) is 0 Å². The van der Waals surface area contributed by atoms with Crippen LogP contribution < -0.4 is 0 Å². The maximum Gasteiger partial charge on any atom is 0.150 e. The molecule has 0 radical (unpaired) electrons. The summed E-state index contributed by atoms with van der Waals surface area (Å²) < 4.78 is 40.3. The minimum absolute atomic E-state index is 0.405. The number of carbonyl (C=O) groups excluding carboxylic acids is 1. The topological polar surface area (TPSA) is 34.1 Å². The Morgan fingerprint density at radius 2 is 1.52 bits per heavy atom. The standard InChI is InChI=1S/C26H24F2O2S/c1-18-5-6-21(12-19(18)2)13-22(23-14-24(27)16-25(28)15-23)4-3-11-31(30)26-9-7-20(17-29)8-10-26/h5-10,12-17H,3-4,11H2,1-2H3. The van der Waals surface area contributed by atoms with Crippen molar-refractivity contribution in [2.75, 3.05) is 5.75 Å². The van der Waals surface area contributed by atoms with Crippen LogP contribution in [0.1, 0.15) is 45.5 Å². The largest absolute Gasteiger partial charge is 0.298 e. The number of hydrogen-bond acceptors (Lipinski definition) is 2. The third-order valence-electron chi connectivity index (χ3n) is 5.16. The first kappa shape index (κ1) is 22.8. The van der Waals surface area contributed by atoms with Crippen molar-refractivity contribution in [2.24, 2.45) is 0 Å². The van der Waals surface area contributed by atoms with Crippen LogP contribution in [0.15, 0.2) is 65.6 Å². The summed E-state index contributed by atoms with van der Waals surface area (Å²) in [5.41, 5.74) is 5.07. The fourth-order valence-electron chi connectivity index (χ4n) is 3.30. The number of aryl methyl sites for hydroxylation is 2. The summed E-state index contributed by atoms with van der Waals surface area (Å²) in [6.07, 6.45) is 3.78. The highest BCUT2D eigenvalue weighted by Crippen LogP contribution is 2.26. The van der Waals surface area contributed by atoms with Crippen LogP contribution in [-0.2, 0) is 10.8 Å². The van der Waals surface area contributed by atoms with Crippen LogP contribution in [-0.4, -0.2) is 16.2 Å². The van der Waals surface area contributed by atoms with Gasteiger partial charge in [-0.25, -0.2) is 8.78 Å². The molecular weight excluding hydrogens is 414 g/mol. The van der Waals surface area contributed by atoms with Crippen molar-refractivity contribution in [2.45, 2.75) is 31.6 Å². The van der Waals surface area contributed by atoms with Crippen molar-refractivity contribution in [3.8, 4) is 0 Å². The maximum atomic E-state index is 13.8. The molecule has 160 valence electrons. The molecule has 31 heavy (non-hydrogen) atoms. The molecule has 0 aliphatic heterocycles. The van der Waals surface area contributed by atoms with Crippen LogP contribution in [0.25, 0.3) is 11.6 Å². The van der Waals surface area contributed by atoms with Crippen LogP contribution >= 0.6 is 0 Å². The molecule has 0 aromatic heterocycles. The summed E-state index contributed by atoms with van der Waals surface area (Å²) in [5, 5.41) is 0. The van der Waals surface area contributed by atoms with E-state index in [-0.39, 0.29) is 0 Å². The summed E-state index contributed by atoms with van der Waals surface area (Å²) in [5.74, 6) is -0.845. The van der Waals surface area contributed by atoms with E-state index >= 15 is 0 Å². The minimum atomic E-state index is -1.22. The Morgan fingerprint density at radius 1 is 0.871 bits per heavy atom. The van der Waals surface area contributed by atoms with Gasteiger partial charge >= 0.3 is 0 Å². The summed E-state index contributed by atoms with van der Waals surface area (Å²) in [6.45, 7) is 4.05. The fourth-order valence-corrected chi connectivity index (χ4v) is 4.39. The van der Waals surface area contributed by atoms with Gasteiger partial charge in [0.05, 0.1) is 10.8 Å². The van der Waals surface area contributed by atoms with E-state index in [1.54, 1.807) is 24.3 Å². The van der Waals surface area contributed by atoms with E-state index in [1.165, 1.54) is 17.7 Å². The first-order chi connectivity index (χ1) is 14.9. The van der Waals surface area contributed by atoms with Gasteiger partial charge in [0.2, 0.25) is 0 Å². The molecule has 1 atom stereocenters. The van der Waals surface area contributed by atoms with E-state index in [1.807, 2.05) is 38.1 Å². The van der Waals surface area contributed by atoms with Crippen molar-refractivity contribution in [1.82, 2.24) is 0 Å². The third kappa shape index (κ3) is 6.28. The van der Waals surface area contributed by atoms with Gasteiger partial charge in [0, 0.05) is 22.3 Å². The first-order valence-corrected chi connectivity index (χ1v) is 11.4. The molecule has 0 fully saturated rings. The summed E-state index contributed by atoms with van der Waals surface area (Å²) in [7, 11) is -1.22. The molecule has 0 aliphatic carbocycles. The van der Waals surface area contributed by atoms with Crippen LogP contribution in [0.4, 0.5) is 8.78 Å². The molecule has 0 aliphatic rings. The number of hydrogen-bond donors (Lipinski definition) is 0. The fraction of sp³-hybridized carbons (Fsp3) is 0.192. The Kier molecular flexibility index (Phi) is 7.64. The molecule has 0 heterocycles. The highest BCUT2D eigenvalue weighted by molar-refractivity contribution is 7.85. The molecule has 0 saturated heterocycles. The lowest BCUT2D eigenvalue weighted by Gasteiger charge is -2.11. The quantitative estimate of drug-likeness (QED) is 0.296. The van der Waals surface area contributed by atoms with Gasteiger partial charge in [0.25, 0.3) is 0 Å². The zero-order valence-corrected chi connectivity index (χ0v) is 18.3. The van der Waals surface area contributed by atoms with E-state index in [9.17, 15) is 17.8 Å². The van der Waals surface area contributed by atoms with Crippen molar-refractivity contribution < 1.29 is 17.8 Å². The molecule has 0 N–H and O–H groups in total. The summed E-state index contributed by atoms with van der Waals surface area (Å²) in [4.78, 5) is 11.4. The number of aldehydes is 1. The average molecular weight is 439 g/mol. The lowest BCUT2D eigenvalue weighted by atomic mass is 9.97. The van der Waals surface area contributed by atoms with Gasteiger partial charge < -0.3 is 0 Å². The molecule has 3 rings (SSSR count). The van der Waals surface area contributed by atoms with Gasteiger partial charge in [-0.1, -0.05) is 36.4 Å². The zero-order valence-electron chi connectivity index (χ0n) is 17.5. The van der Waals surface area contributed by atoms with Gasteiger partial charge in [-0.2, -0.15) is 0 Å². The summed E-state index contributed by atoms with van der Waals surface area (Å²) in [6, 6.07) is 16.2. The molecule has 3 aromatic rings. The molecule has 0 saturated carbocycles. The number of rotatable bonds is 8. The van der Waals surface area contributed by atoms with Crippen molar-refractivity contribution >= 4 is 28.7 Å². The second-order valence-corrected chi connectivity index (χ2v) is 9.08. The van der Waals surface area contributed by atoms with Gasteiger partial charge in [-0.05, 0) is 78.8 Å². The summed E-state index contributed by atoms with van der Waals surface area (Å²) >= 11 is 0. The smallest absolute Gasteiger partial charge is 0.150 e. The molecule has 0 spiro atoms. The van der Waals surface area contributed by atoms with Crippen molar-refractivity contribution in [3.63, 3.8) is 0 Å². The van der Waals surface area contributed by atoms with Crippen LogP contribution in [0.3, 0.4) is 0 Å².